The van der Waals surface area contributed by atoms with Crippen molar-refractivity contribution >= 4 is 46.3 Å². The summed E-state index contributed by atoms with van der Waals surface area (Å²) in [5.74, 6) is -0.110. The lowest BCUT2D eigenvalue weighted by atomic mass is 10.2. The topological polar surface area (TPSA) is 69.0 Å². The molecule has 1 amide bonds. The molecule has 0 saturated carbocycles. The first-order chi connectivity index (χ1) is 13.0. The molecule has 0 radical (unpaired) electrons. The summed E-state index contributed by atoms with van der Waals surface area (Å²) in [6, 6.07) is 8.09. The van der Waals surface area contributed by atoms with Crippen LogP contribution in [-0.4, -0.2) is 34.8 Å². The molecule has 2 aromatic rings. The number of ether oxygens (including phenoxy) is 2. The van der Waals surface area contributed by atoms with Gasteiger partial charge in [-0.25, -0.2) is 4.79 Å². The van der Waals surface area contributed by atoms with Gasteiger partial charge in [0.2, 0.25) is 5.76 Å². The summed E-state index contributed by atoms with van der Waals surface area (Å²) in [7, 11) is 1.47. The minimum atomic E-state index is -0.628. The van der Waals surface area contributed by atoms with E-state index >= 15 is 0 Å². The number of methoxy groups -OCH3 is 1. The standard InChI is InChI=1S/C19H15NO5S2/c1-3-8-20-17(21)16(27-19(20)26)11-12-6-7-13(15(10-12)23-2)25-18(22)14-5-4-9-24-14/h3-7,9-11H,1,8H2,2H3/b16-11-. The summed E-state index contributed by atoms with van der Waals surface area (Å²) in [5, 5.41) is 0. The molecule has 1 saturated heterocycles. The molecule has 0 atom stereocenters. The molecule has 2 heterocycles. The minimum Gasteiger partial charge on any atom is -0.493 e. The van der Waals surface area contributed by atoms with Crippen LogP contribution < -0.4 is 9.47 Å². The Morgan fingerprint density at radius 3 is 2.85 bits per heavy atom. The lowest BCUT2D eigenvalue weighted by molar-refractivity contribution is -0.121. The smallest absolute Gasteiger partial charge is 0.379 e. The van der Waals surface area contributed by atoms with Crippen molar-refractivity contribution in [2.45, 2.75) is 0 Å². The van der Waals surface area contributed by atoms with E-state index in [0.717, 1.165) is 0 Å². The third kappa shape index (κ3) is 4.12. The number of nitrogens with zero attached hydrogens (tertiary/aromatic N) is 1. The Morgan fingerprint density at radius 2 is 2.19 bits per heavy atom. The van der Waals surface area contributed by atoms with Crippen LogP contribution in [0.3, 0.4) is 0 Å². The van der Waals surface area contributed by atoms with E-state index in [2.05, 4.69) is 6.58 Å². The van der Waals surface area contributed by atoms with Crippen LogP contribution in [0.4, 0.5) is 0 Å². The van der Waals surface area contributed by atoms with Gasteiger partial charge < -0.3 is 13.9 Å². The van der Waals surface area contributed by atoms with E-state index in [1.54, 1.807) is 36.4 Å². The lowest BCUT2D eigenvalue weighted by Gasteiger charge is -2.10. The second-order valence-corrected chi connectivity index (χ2v) is 7.03. The predicted octanol–water partition coefficient (Wildman–Crippen LogP) is 3.89. The Morgan fingerprint density at radius 1 is 1.37 bits per heavy atom. The average molecular weight is 401 g/mol. The summed E-state index contributed by atoms with van der Waals surface area (Å²) in [5.41, 5.74) is 0.712. The maximum absolute atomic E-state index is 12.4. The normalized spacial score (nSPS) is 15.3. The number of carbonyl (C=O) groups is 2. The van der Waals surface area contributed by atoms with Crippen LogP contribution >= 0.6 is 24.0 Å². The van der Waals surface area contributed by atoms with E-state index in [4.69, 9.17) is 26.1 Å². The van der Waals surface area contributed by atoms with Crippen LogP contribution in [0.15, 0.2) is 58.6 Å². The van der Waals surface area contributed by atoms with E-state index in [-0.39, 0.29) is 17.4 Å². The molecule has 1 aromatic carbocycles. The number of thioether (sulfide) groups is 1. The van der Waals surface area contributed by atoms with Crippen molar-refractivity contribution < 1.29 is 23.5 Å². The number of thiocarbonyl (C=S) groups is 1. The highest BCUT2D eigenvalue weighted by Gasteiger charge is 2.31. The molecular weight excluding hydrogens is 386 g/mol. The van der Waals surface area contributed by atoms with E-state index in [0.29, 0.717) is 27.1 Å². The number of furan rings is 1. The fourth-order valence-electron chi connectivity index (χ4n) is 2.34. The van der Waals surface area contributed by atoms with Crippen molar-refractivity contribution in [1.82, 2.24) is 4.90 Å². The third-order valence-corrected chi connectivity index (χ3v) is 4.97. The van der Waals surface area contributed by atoms with E-state index in [9.17, 15) is 9.59 Å². The van der Waals surface area contributed by atoms with Crippen molar-refractivity contribution in [3.05, 3.63) is 65.5 Å². The minimum absolute atomic E-state index is 0.0898. The monoisotopic (exact) mass is 401 g/mol. The molecule has 27 heavy (non-hydrogen) atoms. The van der Waals surface area contributed by atoms with E-state index in [1.165, 1.54) is 36.1 Å². The molecule has 0 unspecified atom stereocenters. The zero-order valence-electron chi connectivity index (χ0n) is 14.3. The number of carbonyl (C=O) groups excluding carboxylic acids is 2. The number of benzene rings is 1. The molecule has 3 rings (SSSR count). The Balaban J connectivity index is 1.82. The molecule has 6 nitrogen and oxygen atoms in total. The number of amides is 1. The first-order valence-corrected chi connectivity index (χ1v) is 9.06. The van der Waals surface area contributed by atoms with E-state index in [1.807, 2.05) is 0 Å². The Bertz CT molecular complexity index is 934. The summed E-state index contributed by atoms with van der Waals surface area (Å²) >= 11 is 6.45. The first-order valence-electron chi connectivity index (χ1n) is 7.83. The van der Waals surface area contributed by atoms with Gasteiger partial charge in [0.1, 0.15) is 4.32 Å². The Labute approximate surface area is 165 Å². The van der Waals surface area contributed by atoms with Gasteiger partial charge in [-0.05, 0) is 35.9 Å². The largest absolute Gasteiger partial charge is 0.493 e. The van der Waals surface area contributed by atoms with Crippen LogP contribution in [0.25, 0.3) is 6.08 Å². The summed E-state index contributed by atoms with van der Waals surface area (Å²) < 4.78 is 16.1. The van der Waals surface area contributed by atoms with Gasteiger partial charge in [-0.1, -0.05) is 36.1 Å². The number of hydrogen-bond donors (Lipinski definition) is 0. The van der Waals surface area contributed by atoms with Gasteiger partial charge in [-0.3, -0.25) is 9.69 Å². The molecule has 1 aromatic heterocycles. The van der Waals surface area contributed by atoms with Crippen molar-refractivity contribution in [3.8, 4) is 11.5 Å². The van der Waals surface area contributed by atoms with Gasteiger partial charge >= 0.3 is 5.97 Å². The third-order valence-electron chi connectivity index (χ3n) is 3.60. The molecule has 0 N–H and O–H groups in total. The van der Waals surface area contributed by atoms with Crippen LogP contribution in [0.5, 0.6) is 11.5 Å². The van der Waals surface area contributed by atoms with Crippen molar-refractivity contribution in [2.24, 2.45) is 0 Å². The fourth-order valence-corrected chi connectivity index (χ4v) is 3.62. The molecule has 8 heteroatoms. The lowest BCUT2D eigenvalue weighted by Crippen LogP contribution is -2.27. The van der Waals surface area contributed by atoms with Crippen molar-refractivity contribution in [1.29, 1.82) is 0 Å². The maximum atomic E-state index is 12.4. The van der Waals surface area contributed by atoms with Gasteiger partial charge in [-0.15, -0.1) is 6.58 Å². The highest BCUT2D eigenvalue weighted by Crippen LogP contribution is 2.34. The SMILES string of the molecule is C=CCN1C(=O)/C(=C/c2ccc(OC(=O)c3ccco3)c(OC)c2)SC1=S. The molecule has 138 valence electrons. The molecule has 1 aliphatic rings. The number of rotatable bonds is 6. The van der Waals surface area contributed by atoms with Crippen LogP contribution in [0, 0.1) is 0 Å². The van der Waals surface area contributed by atoms with Gasteiger partial charge in [0, 0.05) is 6.54 Å². The van der Waals surface area contributed by atoms with E-state index < -0.39 is 5.97 Å². The summed E-state index contributed by atoms with van der Waals surface area (Å²) in [6.45, 7) is 4.00. The van der Waals surface area contributed by atoms with Crippen LogP contribution in [0.2, 0.25) is 0 Å². The second kappa shape index (κ2) is 8.24. The highest BCUT2D eigenvalue weighted by atomic mass is 32.2. The van der Waals surface area contributed by atoms with Crippen LogP contribution in [-0.2, 0) is 4.79 Å². The molecule has 0 aliphatic carbocycles. The molecule has 1 aliphatic heterocycles. The van der Waals surface area contributed by atoms with Gasteiger partial charge in [0.05, 0.1) is 18.3 Å². The van der Waals surface area contributed by atoms with Crippen LogP contribution in [0.1, 0.15) is 16.1 Å². The average Bonchev–Trinajstić information content (AvgIpc) is 3.28. The van der Waals surface area contributed by atoms with Crippen molar-refractivity contribution in [3.63, 3.8) is 0 Å². The zero-order valence-corrected chi connectivity index (χ0v) is 16.0. The quantitative estimate of drug-likeness (QED) is 0.239. The van der Waals surface area contributed by atoms with Gasteiger partial charge in [-0.2, -0.15) is 0 Å². The summed E-state index contributed by atoms with van der Waals surface area (Å²) in [6.07, 6.45) is 4.72. The molecule has 0 spiro atoms. The Hall–Kier alpha value is -2.84. The second-order valence-electron chi connectivity index (χ2n) is 5.36. The number of hydrogen-bond acceptors (Lipinski definition) is 7. The number of esters is 1. The molecule has 1 fully saturated rings. The Kier molecular flexibility index (Phi) is 5.78. The zero-order chi connectivity index (χ0) is 19.4. The van der Waals surface area contributed by atoms with Gasteiger partial charge in [0.15, 0.2) is 11.5 Å². The highest BCUT2D eigenvalue weighted by molar-refractivity contribution is 8.26. The van der Waals surface area contributed by atoms with Gasteiger partial charge in [0.25, 0.3) is 5.91 Å². The molecular formula is C19H15NO5S2. The van der Waals surface area contributed by atoms with Crippen molar-refractivity contribution in [2.75, 3.05) is 13.7 Å². The fraction of sp³-hybridized carbons (Fsp3) is 0.105. The predicted molar refractivity (Wildman–Crippen MR) is 107 cm³/mol. The maximum Gasteiger partial charge on any atom is 0.379 e. The summed E-state index contributed by atoms with van der Waals surface area (Å²) in [4.78, 5) is 26.4. The first kappa shape index (κ1) is 18.9. The molecule has 0 bridgehead atoms.